The van der Waals surface area contributed by atoms with Crippen LogP contribution in [-0.4, -0.2) is 41.1 Å². The van der Waals surface area contributed by atoms with E-state index in [9.17, 15) is 18.8 Å². The van der Waals surface area contributed by atoms with E-state index in [1.54, 1.807) is 20.8 Å². The van der Waals surface area contributed by atoms with Gasteiger partial charge in [0, 0.05) is 18.2 Å². The minimum atomic E-state index is -1.15. The Kier molecular flexibility index (Phi) is 9.40. The molecule has 0 amide bonds. The van der Waals surface area contributed by atoms with Crippen LogP contribution >= 0.6 is 0 Å². The third-order valence-corrected chi connectivity index (χ3v) is 7.20. The van der Waals surface area contributed by atoms with E-state index in [4.69, 9.17) is 15.2 Å². The van der Waals surface area contributed by atoms with Crippen LogP contribution in [0, 0.1) is 24.4 Å². The van der Waals surface area contributed by atoms with Crippen LogP contribution in [-0.2, 0) is 9.53 Å². The molecule has 42 heavy (non-hydrogen) atoms. The summed E-state index contributed by atoms with van der Waals surface area (Å²) in [5.41, 5.74) is 3.45. The number of rotatable bonds is 11. The second-order valence-electron chi connectivity index (χ2n) is 10.9. The molecule has 3 N–H and O–H groups in total. The molecule has 1 saturated carbocycles. The van der Waals surface area contributed by atoms with E-state index in [1.165, 1.54) is 18.2 Å². The van der Waals surface area contributed by atoms with Gasteiger partial charge in [-0.05, 0) is 83.2 Å². The maximum atomic E-state index is 15.2. The van der Waals surface area contributed by atoms with Gasteiger partial charge in [0.05, 0.1) is 17.7 Å². The molecule has 1 aromatic heterocycles. The summed E-state index contributed by atoms with van der Waals surface area (Å²) in [5, 5.41) is 3.11. The number of carbonyl (C=O) groups is 2. The molecule has 11 heteroatoms. The van der Waals surface area contributed by atoms with Crippen LogP contribution in [0.5, 0.6) is 5.75 Å². The van der Waals surface area contributed by atoms with Crippen molar-refractivity contribution in [3.63, 3.8) is 0 Å². The lowest BCUT2D eigenvalue weighted by Crippen LogP contribution is -2.49. The minimum absolute atomic E-state index is 0.0416. The number of ketones is 1. The number of anilines is 1. The highest BCUT2D eigenvalue weighted by Gasteiger charge is 2.31. The molecule has 0 aliphatic heterocycles. The Balaban J connectivity index is 1.43. The molecule has 0 saturated heterocycles. The molecule has 0 unspecified atom stereocenters. The molecule has 1 aliphatic rings. The van der Waals surface area contributed by atoms with Crippen molar-refractivity contribution in [3.8, 4) is 11.4 Å². The van der Waals surface area contributed by atoms with E-state index in [0.29, 0.717) is 23.1 Å². The summed E-state index contributed by atoms with van der Waals surface area (Å²) in [7, 11) is 0. The van der Waals surface area contributed by atoms with Crippen molar-refractivity contribution in [2.75, 3.05) is 18.9 Å². The lowest BCUT2D eigenvalue weighted by Gasteiger charge is -2.26. The van der Waals surface area contributed by atoms with Crippen LogP contribution in [0.2, 0.25) is 0 Å². The Morgan fingerprint density at radius 3 is 2.29 bits per heavy atom. The highest BCUT2D eigenvalue weighted by molar-refractivity contribution is 6.11. The zero-order chi connectivity index (χ0) is 30.6. The van der Waals surface area contributed by atoms with Gasteiger partial charge in [-0.25, -0.2) is 13.2 Å². The first-order chi connectivity index (χ1) is 19.9. The topological polar surface area (TPSA) is 113 Å². The maximum Gasteiger partial charge on any atom is 0.326 e. The van der Waals surface area contributed by atoms with Crippen LogP contribution in [0.25, 0.3) is 5.69 Å². The fourth-order valence-electron chi connectivity index (χ4n) is 4.81. The number of nitrogens with one attached hydrogen (secondary N) is 1. The van der Waals surface area contributed by atoms with Gasteiger partial charge < -0.3 is 20.5 Å². The number of nitrogens with two attached hydrogens (primary N) is 1. The number of nitrogens with zero attached hydrogens (tertiary/aromatic N) is 1. The molecular formula is C31H34F3N3O5. The van der Waals surface area contributed by atoms with Crippen molar-refractivity contribution < 1.29 is 32.2 Å². The first kappa shape index (κ1) is 30.8. The number of hydrogen-bond donors (Lipinski definition) is 2. The number of aryl methyl sites for hydroxylation is 1. The van der Waals surface area contributed by atoms with E-state index in [2.05, 4.69) is 5.32 Å². The Morgan fingerprint density at radius 1 is 1.00 bits per heavy atom. The molecule has 0 radical (unpaired) electrons. The van der Waals surface area contributed by atoms with Crippen LogP contribution in [0.15, 0.2) is 47.3 Å². The molecule has 224 valence electrons. The van der Waals surface area contributed by atoms with E-state index in [-0.39, 0.29) is 35.6 Å². The van der Waals surface area contributed by atoms with Crippen LogP contribution in [0.4, 0.5) is 19.0 Å². The largest absolute Gasteiger partial charge is 0.493 e. The van der Waals surface area contributed by atoms with Crippen molar-refractivity contribution >= 4 is 17.6 Å². The van der Waals surface area contributed by atoms with Crippen LogP contribution < -0.4 is 21.3 Å². The van der Waals surface area contributed by atoms with E-state index < -0.39 is 45.8 Å². The molecular weight excluding hydrogens is 551 g/mol. The summed E-state index contributed by atoms with van der Waals surface area (Å²) in [6.45, 7) is 5.56. The van der Waals surface area contributed by atoms with Crippen molar-refractivity contribution in [1.82, 2.24) is 9.88 Å². The molecule has 1 aliphatic carbocycles. The maximum absolute atomic E-state index is 15.2. The summed E-state index contributed by atoms with van der Waals surface area (Å²) >= 11 is 0. The second-order valence-corrected chi connectivity index (χ2v) is 10.9. The van der Waals surface area contributed by atoms with Crippen molar-refractivity contribution in [2.24, 2.45) is 0 Å². The summed E-state index contributed by atoms with van der Waals surface area (Å²) in [5.74, 6) is -4.95. The minimum Gasteiger partial charge on any atom is -0.493 e. The Morgan fingerprint density at radius 2 is 1.64 bits per heavy atom. The summed E-state index contributed by atoms with van der Waals surface area (Å²) < 4.78 is 56.3. The number of hydrogen-bond acceptors (Lipinski definition) is 7. The predicted octanol–water partition coefficient (Wildman–Crippen LogP) is 5.00. The van der Waals surface area contributed by atoms with Gasteiger partial charge in [0.25, 0.3) is 5.56 Å². The molecule has 4 rings (SSSR count). The van der Waals surface area contributed by atoms with E-state index >= 15 is 8.78 Å². The SMILES string of the molecule is Cc1ccc(C(=O)c2ccc(=O)n(-c3c(F)cc(OCCCNC(C)(C)C(=O)OC4CCCC4)cc3F)c2N)c(F)c1. The third-order valence-electron chi connectivity index (χ3n) is 7.20. The monoisotopic (exact) mass is 585 g/mol. The summed E-state index contributed by atoms with van der Waals surface area (Å²) in [6, 6.07) is 7.78. The fraction of sp³-hybridized carbons (Fsp3) is 0.387. The van der Waals surface area contributed by atoms with Gasteiger partial charge in [-0.2, -0.15) is 0 Å². The summed E-state index contributed by atoms with van der Waals surface area (Å²) in [4.78, 5) is 38.1. The third kappa shape index (κ3) is 6.84. The Bertz CT molecular complexity index is 1520. The fourth-order valence-corrected chi connectivity index (χ4v) is 4.81. The lowest BCUT2D eigenvalue weighted by molar-refractivity contribution is -0.155. The Labute approximate surface area is 241 Å². The van der Waals surface area contributed by atoms with Gasteiger partial charge in [-0.1, -0.05) is 6.07 Å². The molecule has 8 nitrogen and oxygen atoms in total. The molecule has 3 aromatic rings. The number of carbonyl (C=O) groups excluding carboxylic acids is 2. The molecule has 1 heterocycles. The van der Waals surface area contributed by atoms with Crippen molar-refractivity contribution in [2.45, 2.75) is 64.5 Å². The first-order valence-corrected chi connectivity index (χ1v) is 13.8. The second kappa shape index (κ2) is 12.8. The predicted molar refractivity (Wildman–Crippen MR) is 151 cm³/mol. The number of esters is 1. The highest BCUT2D eigenvalue weighted by Crippen LogP contribution is 2.27. The molecule has 0 spiro atoms. The average molecular weight is 586 g/mol. The number of halogens is 3. The van der Waals surface area contributed by atoms with Gasteiger partial charge in [0.1, 0.15) is 34.7 Å². The molecule has 2 aromatic carbocycles. The zero-order valence-corrected chi connectivity index (χ0v) is 23.8. The lowest BCUT2D eigenvalue weighted by atomic mass is 10.0. The van der Waals surface area contributed by atoms with Crippen LogP contribution in [0.1, 0.15) is 67.4 Å². The highest BCUT2D eigenvalue weighted by atomic mass is 19.1. The van der Waals surface area contributed by atoms with Crippen LogP contribution in [0.3, 0.4) is 0 Å². The number of benzene rings is 2. The number of aromatic nitrogens is 1. The number of nitrogen functional groups attached to an aromatic ring is 1. The number of pyridine rings is 1. The molecule has 0 atom stereocenters. The van der Waals surface area contributed by atoms with Gasteiger partial charge in [0.2, 0.25) is 0 Å². The normalized spacial score (nSPS) is 13.8. The van der Waals surface area contributed by atoms with Gasteiger partial charge in [0.15, 0.2) is 17.4 Å². The van der Waals surface area contributed by atoms with E-state index in [1.807, 2.05) is 0 Å². The summed E-state index contributed by atoms with van der Waals surface area (Å²) in [6.07, 6.45) is 4.23. The van der Waals surface area contributed by atoms with Gasteiger partial charge in [-0.15, -0.1) is 0 Å². The average Bonchev–Trinajstić information content (AvgIpc) is 3.42. The Hall–Kier alpha value is -4.12. The first-order valence-electron chi connectivity index (χ1n) is 13.8. The zero-order valence-electron chi connectivity index (χ0n) is 23.8. The smallest absolute Gasteiger partial charge is 0.326 e. The quantitative estimate of drug-likeness (QED) is 0.185. The number of ether oxygens (including phenoxy) is 2. The van der Waals surface area contributed by atoms with Crippen molar-refractivity contribution in [3.05, 3.63) is 87.0 Å². The van der Waals surface area contributed by atoms with Gasteiger partial charge in [-0.3, -0.25) is 19.0 Å². The standard InChI is InChI=1S/C31H34F3N3O5/c1-18-9-10-21(23(32)15-18)28(39)22-11-12-26(38)37(29(22)35)27-24(33)16-20(17-25(27)34)41-14-6-13-36-31(2,3)30(40)42-19-7-4-5-8-19/h9-12,15-17,19,36H,4-8,13-14,35H2,1-3H3. The van der Waals surface area contributed by atoms with E-state index in [0.717, 1.165) is 49.9 Å². The van der Waals surface area contributed by atoms with Gasteiger partial charge >= 0.3 is 5.97 Å². The molecule has 0 bridgehead atoms. The van der Waals surface area contributed by atoms with Crippen molar-refractivity contribution in [1.29, 1.82) is 0 Å². The molecule has 1 fully saturated rings.